The molecule has 0 aromatic heterocycles. The monoisotopic (exact) mass is 332 g/mol. The van der Waals surface area contributed by atoms with Crippen LogP contribution < -0.4 is 9.47 Å². The molecule has 0 fully saturated rings. The van der Waals surface area contributed by atoms with Gasteiger partial charge in [-0.2, -0.15) is 0 Å². The normalized spacial score (nSPS) is 8.04. The standard InChI is InChI=1S/C12H18O2.C8H6.H2O2.H2/c1-12(2,3)10-7-6-9(13-4)8-11(10)14-5;1-3-5-7-8-6-4-2;1-2;/h6-8H,1-5H3;1-2H3;1-2H;1H. The van der Waals surface area contributed by atoms with Crippen LogP contribution in [0.5, 0.6) is 11.5 Å². The van der Waals surface area contributed by atoms with Crippen molar-refractivity contribution in [2.24, 2.45) is 0 Å². The molecule has 0 heterocycles. The van der Waals surface area contributed by atoms with Gasteiger partial charge in [-0.3, -0.25) is 10.5 Å². The molecule has 1 aromatic rings. The Morgan fingerprint density at radius 2 is 1.38 bits per heavy atom. The van der Waals surface area contributed by atoms with Crippen LogP contribution >= 0.6 is 0 Å². The first-order valence-electron chi connectivity index (χ1n) is 7.16. The molecule has 2 N–H and O–H groups in total. The molecule has 0 atom stereocenters. The van der Waals surface area contributed by atoms with Crippen molar-refractivity contribution in [2.75, 3.05) is 14.2 Å². The second-order valence-corrected chi connectivity index (χ2v) is 5.32. The van der Waals surface area contributed by atoms with Crippen molar-refractivity contribution < 1.29 is 21.4 Å². The second-order valence-electron chi connectivity index (χ2n) is 5.32. The molecule has 0 aliphatic rings. The highest BCUT2D eigenvalue weighted by molar-refractivity contribution is 5.44. The summed E-state index contributed by atoms with van der Waals surface area (Å²) in [6, 6.07) is 5.93. The van der Waals surface area contributed by atoms with E-state index < -0.39 is 0 Å². The number of hydrogen-bond acceptors (Lipinski definition) is 4. The fourth-order valence-corrected chi connectivity index (χ4v) is 1.61. The maximum atomic E-state index is 6.00. The predicted octanol–water partition coefficient (Wildman–Crippen LogP) is 4.30. The van der Waals surface area contributed by atoms with Crippen LogP contribution in [0.4, 0.5) is 0 Å². The van der Waals surface area contributed by atoms with E-state index in [0.717, 1.165) is 11.5 Å². The number of benzene rings is 1. The van der Waals surface area contributed by atoms with Crippen LogP contribution in [0.1, 0.15) is 41.6 Å². The molecule has 0 saturated carbocycles. The molecule has 132 valence electrons. The van der Waals surface area contributed by atoms with Gasteiger partial charge in [0.15, 0.2) is 0 Å². The van der Waals surface area contributed by atoms with Crippen molar-refractivity contribution in [3.05, 3.63) is 23.8 Å². The number of hydrogen-bond donors (Lipinski definition) is 2. The third-order valence-electron chi connectivity index (χ3n) is 2.65. The zero-order chi connectivity index (χ0) is 19.0. The van der Waals surface area contributed by atoms with E-state index >= 15 is 0 Å². The highest BCUT2D eigenvalue weighted by Crippen LogP contribution is 2.33. The Hall–Kier alpha value is -2.58. The lowest BCUT2D eigenvalue weighted by Gasteiger charge is -2.22. The van der Waals surface area contributed by atoms with Crippen LogP contribution in [0.3, 0.4) is 0 Å². The van der Waals surface area contributed by atoms with Gasteiger partial charge in [0, 0.05) is 7.49 Å². The summed E-state index contributed by atoms with van der Waals surface area (Å²) in [5.41, 5.74) is 1.29. The highest BCUT2D eigenvalue weighted by Gasteiger charge is 2.18. The Morgan fingerprint density at radius 3 is 1.71 bits per heavy atom. The second kappa shape index (κ2) is 14.0. The molecule has 0 aliphatic heterocycles. The van der Waals surface area contributed by atoms with Gasteiger partial charge in [0.2, 0.25) is 0 Å². The first-order valence-corrected chi connectivity index (χ1v) is 7.16. The predicted molar refractivity (Wildman–Crippen MR) is 100 cm³/mol. The maximum absolute atomic E-state index is 6.00. The van der Waals surface area contributed by atoms with Gasteiger partial charge in [0.1, 0.15) is 11.5 Å². The van der Waals surface area contributed by atoms with Crippen LogP contribution in [0.2, 0.25) is 0 Å². The van der Waals surface area contributed by atoms with Crippen LogP contribution in [0, 0.1) is 35.5 Å². The summed E-state index contributed by atoms with van der Waals surface area (Å²) in [6.07, 6.45) is 0. The first-order chi connectivity index (χ1) is 11.4. The summed E-state index contributed by atoms with van der Waals surface area (Å²) in [5.74, 6) is 17.2. The summed E-state index contributed by atoms with van der Waals surface area (Å²) in [5, 5.41) is 12.0. The Kier molecular flexibility index (Phi) is 13.9. The molecule has 0 radical (unpaired) electrons. The molecule has 24 heavy (non-hydrogen) atoms. The van der Waals surface area contributed by atoms with Gasteiger partial charge < -0.3 is 9.47 Å². The molecule has 0 bridgehead atoms. The van der Waals surface area contributed by atoms with Crippen molar-refractivity contribution in [1.82, 2.24) is 0 Å². The van der Waals surface area contributed by atoms with Crippen molar-refractivity contribution in [3.63, 3.8) is 0 Å². The highest BCUT2D eigenvalue weighted by atomic mass is 17.0. The summed E-state index contributed by atoms with van der Waals surface area (Å²) < 4.78 is 10.5. The lowest BCUT2D eigenvalue weighted by atomic mass is 9.86. The largest absolute Gasteiger partial charge is 0.497 e. The molecular weight excluding hydrogens is 304 g/mol. The summed E-state index contributed by atoms with van der Waals surface area (Å²) in [7, 11) is 3.34. The Balaban J connectivity index is -0.000000380. The lowest BCUT2D eigenvalue weighted by Crippen LogP contribution is -2.12. The van der Waals surface area contributed by atoms with Gasteiger partial charge >= 0.3 is 0 Å². The molecule has 4 heteroatoms. The van der Waals surface area contributed by atoms with Crippen molar-refractivity contribution in [1.29, 1.82) is 0 Å². The fraction of sp³-hybridized carbons (Fsp3) is 0.400. The Labute approximate surface area is 147 Å². The molecule has 0 amide bonds. The number of rotatable bonds is 2. The maximum Gasteiger partial charge on any atom is 0.126 e. The fourth-order valence-electron chi connectivity index (χ4n) is 1.61. The van der Waals surface area contributed by atoms with Gasteiger partial charge in [-0.15, -0.1) is 0 Å². The van der Waals surface area contributed by atoms with Crippen LogP contribution in [-0.2, 0) is 5.41 Å². The van der Waals surface area contributed by atoms with E-state index in [-0.39, 0.29) is 6.84 Å². The summed E-state index contributed by atoms with van der Waals surface area (Å²) >= 11 is 0. The van der Waals surface area contributed by atoms with Crippen LogP contribution in [-0.4, -0.2) is 24.7 Å². The minimum Gasteiger partial charge on any atom is -0.497 e. The van der Waals surface area contributed by atoms with Gasteiger partial charge in [-0.05, 0) is 54.6 Å². The van der Waals surface area contributed by atoms with Crippen molar-refractivity contribution in [2.45, 2.75) is 40.0 Å². The van der Waals surface area contributed by atoms with E-state index in [2.05, 4.69) is 62.4 Å². The average Bonchev–Trinajstić information content (AvgIpc) is 2.59. The van der Waals surface area contributed by atoms with Gasteiger partial charge in [0.05, 0.1) is 14.2 Å². The topological polar surface area (TPSA) is 58.9 Å². The van der Waals surface area contributed by atoms with E-state index in [0.29, 0.717) is 0 Å². The Morgan fingerprint density at radius 1 is 0.875 bits per heavy atom. The van der Waals surface area contributed by atoms with Crippen LogP contribution in [0.15, 0.2) is 18.2 Å². The molecule has 0 aliphatic carbocycles. The SMILES string of the molecule is CC#CC#CC#CC.COc1ccc(C(C)(C)C)c(OC)c1.OO.[HH]. The quantitative estimate of drug-likeness (QED) is 0.481. The van der Waals surface area contributed by atoms with E-state index in [1.165, 1.54) is 5.56 Å². The third kappa shape index (κ3) is 10.2. The van der Waals surface area contributed by atoms with Gasteiger partial charge in [-0.1, -0.05) is 38.7 Å². The van der Waals surface area contributed by atoms with E-state index in [1.54, 1.807) is 28.1 Å². The van der Waals surface area contributed by atoms with E-state index in [9.17, 15) is 0 Å². The summed E-state index contributed by atoms with van der Waals surface area (Å²) in [6.45, 7) is 9.98. The molecule has 4 nitrogen and oxygen atoms in total. The molecule has 0 spiro atoms. The number of methoxy groups -OCH3 is 2. The summed E-state index contributed by atoms with van der Waals surface area (Å²) in [4.78, 5) is 0. The van der Waals surface area contributed by atoms with E-state index in [1.807, 2.05) is 12.1 Å². The van der Waals surface area contributed by atoms with Crippen LogP contribution in [0.25, 0.3) is 0 Å². The minimum absolute atomic E-state index is 0. The molecule has 1 rings (SSSR count). The Bertz CT molecular complexity index is 633. The van der Waals surface area contributed by atoms with Crippen molar-refractivity contribution >= 4 is 0 Å². The zero-order valence-electron chi connectivity index (χ0n) is 15.4. The minimum atomic E-state index is 0. The lowest BCUT2D eigenvalue weighted by molar-refractivity contribution is -0.176. The van der Waals surface area contributed by atoms with Crippen molar-refractivity contribution in [3.8, 4) is 47.0 Å². The van der Waals surface area contributed by atoms with Gasteiger partial charge in [0.25, 0.3) is 0 Å². The van der Waals surface area contributed by atoms with E-state index in [4.69, 9.17) is 20.0 Å². The molecule has 0 unspecified atom stereocenters. The third-order valence-corrected chi connectivity index (χ3v) is 2.65. The zero-order valence-corrected chi connectivity index (χ0v) is 15.4. The van der Waals surface area contributed by atoms with Gasteiger partial charge in [-0.25, -0.2) is 0 Å². The first kappa shape index (κ1) is 23.7. The number of ether oxygens (including phenoxy) is 2. The molecule has 0 saturated heterocycles. The smallest absolute Gasteiger partial charge is 0.126 e. The molecule has 1 aromatic carbocycles. The molecular formula is C20H28O4. The average molecular weight is 332 g/mol.